The van der Waals surface area contributed by atoms with Gasteiger partial charge in [0, 0.05) is 23.5 Å². The van der Waals surface area contributed by atoms with Crippen molar-refractivity contribution in [3.8, 4) is 18.0 Å². The summed E-state index contributed by atoms with van der Waals surface area (Å²) >= 11 is 0. The second-order valence-electron chi connectivity index (χ2n) is 7.35. The van der Waals surface area contributed by atoms with E-state index in [-0.39, 0.29) is 23.0 Å². The largest absolute Gasteiger partial charge is 0.493 e. The van der Waals surface area contributed by atoms with Gasteiger partial charge in [-0.25, -0.2) is 15.0 Å². The third-order valence-electron chi connectivity index (χ3n) is 5.13. The number of fused-ring (bicyclic) bond motifs is 1. The summed E-state index contributed by atoms with van der Waals surface area (Å²) in [5.74, 6) is 1.30. The summed E-state index contributed by atoms with van der Waals surface area (Å²) in [7, 11) is 0. The first-order chi connectivity index (χ1) is 16.0. The molecule has 0 bridgehead atoms. The average Bonchev–Trinajstić information content (AvgIpc) is 3.31. The topological polar surface area (TPSA) is 176 Å². The number of nitrogens with one attached hydrogen (secondary N) is 2. The fourth-order valence-corrected chi connectivity index (χ4v) is 3.64. The van der Waals surface area contributed by atoms with E-state index in [2.05, 4.69) is 25.6 Å². The molecular weight excluding hydrogens is 420 g/mol. The van der Waals surface area contributed by atoms with Crippen LogP contribution in [0, 0.1) is 22.8 Å². The zero-order valence-electron chi connectivity index (χ0n) is 17.9. The van der Waals surface area contributed by atoms with Crippen LogP contribution in [0.15, 0.2) is 41.9 Å². The van der Waals surface area contributed by atoms with E-state index in [1.165, 1.54) is 0 Å². The number of nitrogen functional groups attached to an aromatic ring is 2. The van der Waals surface area contributed by atoms with Crippen molar-refractivity contribution in [2.24, 2.45) is 4.99 Å². The molecule has 0 fully saturated rings. The molecule has 1 unspecified atom stereocenters. The van der Waals surface area contributed by atoms with Crippen LogP contribution in [0.2, 0.25) is 0 Å². The molecular formula is C22H22N10O. The van der Waals surface area contributed by atoms with Gasteiger partial charge in [0.2, 0.25) is 5.96 Å². The van der Waals surface area contributed by atoms with Crippen LogP contribution in [0.4, 0.5) is 17.3 Å². The van der Waals surface area contributed by atoms with E-state index < -0.39 is 6.04 Å². The molecule has 6 N–H and O–H groups in total. The molecule has 0 saturated heterocycles. The monoisotopic (exact) mass is 442 g/mol. The first-order valence-corrected chi connectivity index (χ1v) is 10.3. The number of pyridine rings is 1. The van der Waals surface area contributed by atoms with Crippen molar-refractivity contribution in [2.45, 2.75) is 25.9 Å². The van der Waals surface area contributed by atoms with Crippen LogP contribution in [0.1, 0.15) is 41.6 Å². The molecule has 33 heavy (non-hydrogen) atoms. The third kappa shape index (κ3) is 4.20. The Hall–Kier alpha value is -4.77. The van der Waals surface area contributed by atoms with Gasteiger partial charge in [0.15, 0.2) is 6.19 Å². The van der Waals surface area contributed by atoms with Crippen LogP contribution in [0.25, 0.3) is 0 Å². The smallest absolute Gasteiger partial charge is 0.211 e. The van der Waals surface area contributed by atoms with Gasteiger partial charge in [0.25, 0.3) is 0 Å². The summed E-state index contributed by atoms with van der Waals surface area (Å²) < 4.78 is 7.88. The number of nitrogens with two attached hydrogens (primary N) is 2. The Balaban J connectivity index is 1.85. The number of benzene rings is 1. The SMILES string of the molecule is CCCOc1ccc(C2N=C(NC#N)Nc3nc(N)c(C#N)c(N)c32)cc1Cn1ccnc1. The minimum atomic E-state index is -0.626. The molecule has 0 amide bonds. The number of hydrogen-bond donors (Lipinski definition) is 4. The number of nitrogens with zero attached hydrogens (tertiary/aromatic N) is 6. The molecule has 3 heterocycles. The van der Waals surface area contributed by atoms with Gasteiger partial charge in [-0.15, -0.1) is 0 Å². The van der Waals surface area contributed by atoms with Gasteiger partial charge >= 0.3 is 0 Å². The van der Waals surface area contributed by atoms with Gasteiger partial charge in [0.1, 0.15) is 35.1 Å². The van der Waals surface area contributed by atoms with Crippen molar-refractivity contribution in [3.05, 3.63) is 59.2 Å². The standard InChI is InChI=1S/C22H22N10O/c1-2-7-33-16-4-3-13(8-14(16)10-32-6-5-27-12-32)19-17-18(25)15(9-23)20(26)30-21(17)31-22(29-19)28-11-24/h3-6,8,12,19H,2,7,10H2,1H3,(H6,25,26,28,29,30,31). The lowest BCUT2D eigenvalue weighted by molar-refractivity contribution is 0.313. The van der Waals surface area contributed by atoms with Gasteiger partial charge in [-0.05, 0) is 24.1 Å². The number of aliphatic imine (C=N–C) groups is 1. The van der Waals surface area contributed by atoms with Crippen LogP contribution >= 0.6 is 0 Å². The molecule has 11 heteroatoms. The Morgan fingerprint density at radius 1 is 1.30 bits per heavy atom. The van der Waals surface area contributed by atoms with Crippen LogP contribution in [-0.4, -0.2) is 27.1 Å². The molecule has 0 aliphatic carbocycles. The Labute approximate surface area is 190 Å². The highest BCUT2D eigenvalue weighted by molar-refractivity contribution is 5.98. The second kappa shape index (κ2) is 9.16. The van der Waals surface area contributed by atoms with Gasteiger partial charge < -0.3 is 26.1 Å². The number of hydrogen-bond acceptors (Lipinski definition) is 10. The summed E-state index contributed by atoms with van der Waals surface area (Å²) in [5.41, 5.74) is 14.8. The van der Waals surface area contributed by atoms with Gasteiger partial charge in [-0.2, -0.15) is 10.5 Å². The maximum absolute atomic E-state index is 9.51. The normalized spacial score (nSPS) is 14.3. The molecule has 0 spiro atoms. The third-order valence-corrected chi connectivity index (χ3v) is 5.13. The summed E-state index contributed by atoms with van der Waals surface area (Å²) in [6.45, 7) is 3.17. The van der Waals surface area contributed by atoms with Crippen molar-refractivity contribution in [2.75, 3.05) is 23.4 Å². The molecule has 1 atom stereocenters. The molecule has 1 aromatic carbocycles. The van der Waals surface area contributed by atoms with E-state index in [1.807, 2.05) is 48.1 Å². The molecule has 1 aliphatic rings. The maximum Gasteiger partial charge on any atom is 0.211 e. The predicted octanol–water partition coefficient (Wildman–Crippen LogP) is 2.09. The highest BCUT2D eigenvalue weighted by Crippen LogP contribution is 2.41. The Kier molecular flexibility index (Phi) is 5.96. The van der Waals surface area contributed by atoms with Crippen molar-refractivity contribution < 1.29 is 4.74 Å². The lowest BCUT2D eigenvalue weighted by Gasteiger charge is -2.26. The Morgan fingerprint density at radius 2 is 2.15 bits per heavy atom. The van der Waals surface area contributed by atoms with Gasteiger partial charge in [-0.3, -0.25) is 5.32 Å². The summed E-state index contributed by atoms with van der Waals surface area (Å²) in [6.07, 6.45) is 8.04. The molecule has 1 aliphatic heterocycles. The van der Waals surface area contributed by atoms with Crippen molar-refractivity contribution in [3.63, 3.8) is 0 Å². The predicted molar refractivity (Wildman–Crippen MR) is 123 cm³/mol. The molecule has 2 aromatic heterocycles. The van der Waals surface area contributed by atoms with Crippen LogP contribution < -0.4 is 26.8 Å². The van der Waals surface area contributed by atoms with Gasteiger partial charge in [0.05, 0.1) is 25.2 Å². The van der Waals surface area contributed by atoms with E-state index in [1.54, 1.807) is 12.5 Å². The summed E-state index contributed by atoms with van der Waals surface area (Å²) in [5, 5.41) is 24.0. The summed E-state index contributed by atoms with van der Waals surface area (Å²) in [6, 6.07) is 7.13. The van der Waals surface area contributed by atoms with E-state index in [4.69, 9.17) is 21.5 Å². The number of aromatic nitrogens is 3. The van der Waals surface area contributed by atoms with E-state index >= 15 is 0 Å². The fraction of sp³-hybridized carbons (Fsp3) is 0.227. The minimum Gasteiger partial charge on any atom is -0.493 e. The number of ether oxygens (including phenoxy) is 1. The number of imidazole rings is 1. The molecule has 3 aromatic rings. The average molecular weight is 442 g/mol. The van der Waals surface area contributed by atoms with E-state index in [9.17, 15) is 5.26 Å². The number of rotatable bonds is 6. The highest BCUT2D eigenvalue weighted by Gasteiger charge is 2.30. The highest BCUT2D eigenvalue weighted by atomic mass is 16.5. The Morgan fingerprint density at radius 3 is 2.85 bits per heavy atom. The van der Waals surface area contributed by atoms with Crippen LogP contribution in [-0.2, 0) is 6.54 Å². The number of anilines is 3. The van der Waals surface area contributed by atoms with Crippen molar-refractivity contribution >= 4 is 23.3 Å². The molecule has 166 valence electrons. The van der Waals surface area contributed by atoms with Gasteiger partial charge in [-0.1, -0.05) is 13.0 Å². The van der Waals surface area contributed by atoms with Crippen molar-refractivity contribution in [1.29, 1.82) is 10.5 Å². The lowest BCUT2D eigenvalue weighted by Crippen LogP contribution is -2.32. The Bertz CT molecular complexity index is 1280. The van der Waals surface area contributed by atoms with Crippen molar-refractivity contribution in [1.82, 2.24) is 19.9 Å². The number of guanidine groups is 1. The molecule has 0 saturated carbocycles. The molecule has 0 radical (unpaired) electrons. The first kappa shape index (κ1) is 21.5. The minimum absolute atomic E-state index is 0.00215. The fourth-order valence-electron chi connectivity index (χ4n) is 3.64. The second-order valence-corrected chi connectivity index (χ2v) is 7.35. The van der Waals surface area contributed by atoms with E-state index in [0.717, 1.165) is 23.3 Å². The van der Waals surface area contributed by atoms with E-state index in [0.29, 0.717) is 24.5 Å². The lowest BCUT2D eigenvalue weighted by atomic mass is 9.93. The summed E-state index contributed by atoms with van der Waals surface area (Å²) in [4.78, 5) is 13.0. The molecule has 11 nitrogen and oxygen atoms in total. The first-order valence-electron chi connectivity index (χ1n) is 10.3. The quantitative estimate of drug-likeness (QED) is 0.329. The molecule has 4 rings (SSSR count). The van der Waals surface area contributed by atoms with Crippen LogP contribution in [0.3, 0.4) is 0 Å². The zero-order valence-corrected chi connectivity index (χ0v) is 17.9. The van der Waals surface area contributed by atoms with Crippen LogP contribution in [0.5, 0.6) is 5.75 Å². The number of nitriles is 2. The zero-order chi connectivity index (χ0) is 23.4. The maximum atomic E-state index is 9.51.